The third-order valence-electron chi connectivity index (χ3n) is 8.20. The number of methoxy groups -OCH3 is 1. The number of carbonyl (C=O) groups excluding carboxylic acids is 1. The number of benzene rings is 5. The van der Waals surface area contributed by atoms with E-state index in [0.717, 1.165) is 44.2 Å². The molecule has 2 aromatic heterocycles. The van der Waals surface area contributed by atoms with Crippen molar-refractivity contribution in [2.24, 2.45) is 0 Å². The van der Waals surface area contributed by atoms with Crippen LogP contribution >= 0.6 is 85.0 Å². The van der Waals surface area contributed by atoms with Crippen molar-refractivity contribution in [1.82, 2.24) is 9.97 Å². The number of thiazole rings is 2. The topological polar surface area (TPSA) is 113 Å². The molecule has 0 amide bonds. The molecule has 0 fully saturated rings. The van der Waals surface area contributed by atoms with E-state index >= 15 is 0 Å². The molecule has 0 bridgehead atoms. The van der Waals surface area contributed by atoms with Crippen molar-refractivity contribution in [3.63, 3.8) is 0 Å². The van der Waals surface area contributed by atoms with Crippen LogP contribution in [-0.4, -0.2) is 34.1 Å². The molecule has 55 heavy (non-hydrogen) atoms. The van der Waals surface area contributed by atoms with Gasteiger partial charge >= 0.3 is 11.9 Å². The van der Waals surface area contributed by atoms with Crippen LogP contribution in [0.3, 0.4) is 0 Å². The molecule has 0 aliphatic rings. The number of carboxylic acid groups (broad SMARTS) is 1. The number of aryl methyl sites for hydroxylation is 1. The molecule has 0 atom stereocenters. The quantitative estimate of drug-likeness (QED) is 0.158. The Morgan fingerprint density at radius 1 is 0.691 bits per heavy atom. The fourth-order valence-corrected chi connectivity index (χ4v) is 8.09. The fourth-order valence-electron chi connectivity index (χ4n) is 5.44. The maximum Gasteiger partial charge on any atom is 0.339 e. The summed E-state index contributed by atoms with van der Waals surface area (Å²) in [6, 6.07) is 28.8. The first-order valence-corrected chi connectivity index (χ1v) is 20.0. The van der Waals surface area contributed by atoms with Gasteiger partial charge in [-0.2, -0.15) is 5.26 Å². The van der Waals surface area contributed by atoms with Crippen LogP contribution < -0.4 is 0 Å². The molecule has 7 rings (SSSR count). The van der Waals surface area contributed by atoms with Crippen molar-refractivity contribution in [3.05, 3.63) is 149 Å². The summed E-state index contributed by atoms with van der Waals surface area (Å²) < 4.78 is 5.47. The summed E-state index contributed by atoms with van der Waals surface area (Å²) in [6.07, 6.45) is 0. The Morgan fingerprint density at radius 3 is 1.69 bits per heavy atom. The zero-order chi connectivity index (χ0) is 39.4. The average molecular weight is 909 g/mol. The van der Waals surface area contributed by atoms with E-state index in [4.69, 9.17) is 56.4 Å². The van der Waals surface area contributed by atoms with Crippen LogP contribution in [-0.2, 0) is 4.74 Å². The van der Waals surface area contributed by atoms with Crippen LogP contribution in [0.2, 0.25) is 20.1 Å². The Labute approximate surface area is 352 Å². The third-order valence-corrected chi connectivity index (χ3v) is 12.2. The monoisotopic (exact) mass is 905 g/mol. The van der Waals surface area contributed by atoms with Crippen molar-refractivity contribution >= 4 is 96.9 Å². The summed E-state index contributed by atoms with van der Waals surface area (Å²) in [5.41, 5.74) is 8.20. The molecule has 0 spiro atoms. The summed E-state index contributed by atoms with van der Waals surface area (Å²) in [7, 11) is 1.35. The molecule has 0 radical (unpaired) electrons. The van der Waals surface area contributed by atoms with Gasteiger partial charge in [-0.15, -0.1) is 22.7 Å². The predicted molar refractivity (Wildman–Crippen MR) is 227 cm³/mol. The zero-order valence-corrected chi connectivity index (χ0v) is 34.8. The van der Waals surface area contributed by atoms with Crippen molar-refractivity contribution in [2.75, 3.05) is 7.11 Å². The normalized spacial score (nSPS) is 10.7. The minimum Gasteiger partial charge on any atom is -0.478 e. The number of carbonyl (C=O) groups is 2. The average Bonchev–Trinajstić information content (AvgIpc) is 3.89. The minimum absolute atomic E-state index is 0.177. The van der Waals surface area contributed by atoms with Gasteiger partial charge in [-0.05, 0) is 94.1 Å². The van der Waals surface area contributed by atoms with E-state index in [1.807, 2.05) is 48.0 Å². The fraction of sp³-hybridized carbons (Fsp3) is 0.0488. The number of ether oxygens (including phenoxy) is 1. The van der Waals surface area contributed by atoms with Crippen molar-refractivity contribution in [3.8, 4) is 60.9 Å². The lowest BCUT2D eigenvalue weighted by Gasteiger charge is -2.11. The molecule has 5 aromatic carbocycles. The first kappa shape index (κ1) is 40.1. The molecule has 7 aromatic rings. The summed E-state index contributed by atoms with van der Waals surface area (Å²) >= 11 is 30.4. The molecule has 14 heteroatoms. The predicted octanol–water partition coefficient (Wildman–Crippen LogP) is 13.7. The van der Waals surface area contributed by atoms with Gasteiger partial charge in [0.1, 0.15) is 10.0 Å². The van der Waals surface area contributed by atoms with Gasteiger partial charge in [-0.1, -0.05) is 82.8 Å². The summed E-state index contributed by atoms with van der Waals surface area (Å²) in [4.78, 5) is 33.1. The van der Waals surface area contributed by atoms with Gasteiger partial charge in [0, 0.05) is 37.5 Å². The lowest BCUT2D eigenvalue weighted by Crippen LogP contribution is -2.02. The van der Waals surface area contributed by atoms with E-state index < -0.39 is 11.9 Å². The second-order valence-corrected chi connectivity index (χ2v) is 15.9. The first-order valence-electron chi connectivity index (χ1n) is 16.0. The van der Waals surface area contributed by atoms with Crippen LogP contribution in [0.25, 0.3) is 54.8 Å². The smallest absolute Gasteiger partial charge is 0.339 e. The maximum atomic E-state index is 12.0. The molecule has 2 heterocycles. The number of hydrogen-bond acceptors (Lipinski definition) is 8. The number of halogens is 5. The SMILES string of the molecule is COC(=O)c1cc(-c2nc(-c3ccc(Cl)c(Cl)c3)cs2)ccc1Br.Cc1cc(C#N)ccc1-c1ccc(-c2nc(-c3ccc(Cl)c(Cl)c3)cs2)cc1C(=O)O. The van der Waals surface area contributed by atoms with Crippen molar-refractivity contribution in [1.29, 1.82) is 5.26 Å². The Kier molecular flexibility index (Phi) is 12.7. The lowest BCUT2D eigenvalue weighted by molar-refractivity contribution is 0.0598. The van der Waals surface area contributed by atoms with E-state index in [1.165, 1.54) is 29.8 Å². The van der Waals surface area contributed by atoms with Crippen LogP contribution in [0.1, 0.15) is 31.8 Å². The Hall–Kier alpha value is -4.57. The highest BCUT2D eigenvalue weighted by Crippen LogP contribution is 2.36. The van der Waals surface area contributed by atoms with Crippen LogP contribution in [0.4, 0.5) is 0 Å². The van der Waals surface area contributed by atoms with Gasteiger partial charge in [0.2, 0.25) is 0 Å². The number of aromatic carboxylic acids is 1. The summed E-state index contributed by atoms with van der Waals surface area (Å²) in [6.45, 7) is 1.86. The molecular weight excluding hydrogens is 884 g/mol. The Bertz CT molecular complexity index is 2660. The Balaban J connectivity index is 0.000000193. The van der Waals surface area contributed by atoms with Crippen LogP contribution in [0, 0.1) is 18.3 Å². The molecule has 274 valence electrons. The largest absolute Gasteiger partial charge is 0.478 e. The standard InChI is InChI=1S/C24H14Cl2N2O2S.C17H10BrCl2NO2S/c1-13-8-14(11-27)2-5-17(13)18-6-3-16(9-19(18)24(29)30)23-28-22(12-31-23)15-4-7-20(25)21(26)10-15;1-23-17(22)11-6-10(2-4-12(11)18)16-21-15(8-24-16)9-3-5-13(19)14(20)7-9/h2-10,12H,1H3,(H,29,30);2-8H,1H3. The van der Waals surface area contributed by atoms with E-state index in [2.05, 4.69) is 32.0 Å². The van der Waals surface area contributed by atoms with Crippen molar-refractivity contribution in [2.45, 2.75) is 6.92 Å². The molecule has 0 aliphatic carbocycles. The number of aromatic nitrogens is 2. The highest BCUT2D eigenvalue weighted by molar-refractivity contribution is 9.10. The molecule has 7 nitrogen and oxygen atoms in total. The van der Waals surface area contributed by atoms with Crippen LogP contribution in [0.15, 0.2) is 106 Å². The zero-order valence-electron chi connectivity index (χ0n) is 28.5. The van der Waals surface area contributed by atoms with Gasteiger partial charge in [0.15, 0.2) is 0 Å². The second kappa shape index (κ2) is 17.5. The van der Waals surface area contributed by atoms with Gasteiger partial charge < -0.3 is 9.84 Å². The number of carboxylic acids is 1. The van der Waals surface area contributed by atoms with Crippen LogP contribution in [0.5, 0.6) is 0 Å². The highest BCUT2D eigenvalue weighted by Gasteiger charge is 2.18. The molecule has 1 N–H and O–H groups in total. The second-order valence-electron chi connectivity index (χ2n) is 11.7. The number of nitrogens with zero attached hydrogens (tertiary/aromatic N) is 3. The Morgan fingerprint density at radius 2 is 1.20 bits per heavy atom. The molecule has 0 saturated carbocycles. The maximum absolute atomic E-state index is 12.0. The minimum atomic E-state index is -1.03. The summed E-state index contributed by atoms with van der Waals surface area (Å²) in [5.74, 6) is -1.42. The third kappa shape index (κ3) is 9.12. The lowest BCUT2D eigenvalue weighted by atomic mass is 9.93. The molecule has 0 aliphatic heterocycles. The van der Waals surface area contributed by atoms with Gasteiger partial charge in [0.25, 0.3) is 0 Å². The number of rotatable bonds is 7. The number of nitriles is 1. The molecular formula is C41H24BrCl4N3O4S2. The molecule has 0 saturated heterocycles. The van der Waals surface area contributed by atoms with E-state index in [0.29, 0.717) is 51.8 Å². The number of hydrogen-bond donors (Lipinski definition) is 1. The van der Waals surface area contributed by atoms with Gasteiger partial charge in [-0.25, -0.2) is 19.6 Å². The first-order chi connectivity index (χ1) is 26.4. The highest BCUT2D eigenvalue weighted by atomic mass is 79.9. The number of esters is 1. The van der Waals surface area contributed by atoms with E-state index in [1.54, 1.807) is 60.7 Å². The van der Waals surface area contributed by atoms with Gasteiger partial charge in [-0.3, -0.25) is 0 Å². The van der Waals surface area contributed by atoms with Crippen molar-refractivity contribution < 1.29 is 19.4 Å². The van der Waals surface area contributed by atoms with Gasteiger partial charge in [0.05, 0.1) is 61.3 Å². The summed E-state index contributed by atoms with van der Waals surface area (Å²) in [5, 5.41) is 26.2. The van der Waals surface area contributed by atoms with E-state index in [-0.39, 0.29) is 5.56 Å². The molecule has 0 unspecified atom stereocenters. The van der Waals surface area contributed by atoms with E-state index in [9.17, 15) is 14.7 Å².